The van der Waals surface area contributed by atoms with Crippen molar-refractivity contribution in [2.45, 2.75) is 18.6 Å². The number of thioether (sulfide) groups is 1. The van der Waals surface area contributed by atoms with Crippen LogP contribution < -0.4 is 0 Å². The molecule has 0 bridgehead atoms. The lowest BCUT2D eigenvalue weighted by atomic mass is 10.1. The van der Waals surface area contributed by atoms with Crippen LogP contribution in [0, 0.1) is 21.7 Å². The molecule has 1 aliphatic heterocycles. The van der Waals surface area contributed by atoms with Crippen molar-refractivity contribution in [3.05, 3.63) is 39.4 Å². The predicted molar refractivity (Wildman–Crippen MR) is 75.5 cm³/mol. The summed E-state index contributed by atoms with van der Waals surface area (Å²) in [4.78, 5) is 23.4. The Morgan fingerprint density at radius 2 is 2.10 bits per heavy atom. The van der Waals surface area contributed by atoms with Gasteiger partial charge in [-0.25, -0.2) is 4.39 Å². The number of halogens is 2. The molecular formula is C13H14F2N2O3S. The number of nitro groups is 1. The van der Waals surface area contributed by atoms with Gasteiger partial charge >= 0.3 is 5.69 Å². The van der Waals surface area contributed by atoms with Crippen LogP contribution in [0.2, 0.25) is 0 Å². The smallest absolute Gasteiger partial charge is 0.305 e. The fraction of sp³-hybridized carbons (Fsp3) is 0.462. The van der Waals surface area contributed by atoms with Gasteiger partial charge in [0.25, 0.3) is 5.91 Å². The summed E-state index contributed by atoms with van der Waals surface area (Å²) in [5, 5.41) is 10.7. The average Bonchev–Trinajstić information content (AvgIpc) is 2.36. The van der Waals surface area contributed by atoms with Gasteiger partial charge in [-0.3, -0.25) is 14.9 Å². The van der Waals surface area contributed by atoms with Gasteiger partial charge in [-0.2, -0.15) is 16.2 Å². The predicted octanol–water partition coefficient (Wildman–Crippen LogP) is 2.84. The first-order chi connectivity index (χ1) is 9.73. The van der Waals surface area contributed by atoms with E-state index in [1.165, 1.54) is 4.90 Å². The van der Waals surface area contributed by atoms with E-state index in [1.807, 2.05) is 13.8 Å². The first-order valence-corrected chi connectivity index (χ1v) is 7.27. The minimum Gasteiger partial charge on any atom is -0.336 e. The molecule has 1 aliphatic rings. The Morgan fingerprint density at radius 3 is 2.67 bits per heavy atom. The Kier molecular flexibility index (Phi) is 4.18. The average molecular weight is 316 g/mol. The molecule has 0 aromatic heterocycles. The summed E-state index contributed by atoms with van der Waals surface area (Å²) in [6.45, 7) is 4.54. The summed E-state index contributed by atoms with van der Waals surface area (Å²) in [5.41, 5.74) is -1.75. The van der Waals surface area contributed by atoms with E-state index in [9.17, 15) is 23.7 Å². The molecule has 1 aromatic carbocycles. The number of benzene rings is 1. The molecule has 0 atom stereocenters. The Labute approximate surface area is 124 Å². The van der Waals surface area contributed by atoms with Crippen LogP contribution >= 0.6 is 11.8 Å². The fourth-order valence-electron chi connectivity index (χ4n) is 2.23. The Morgan fingerprint density at radius 1 is 1.43 bits per heavy atom. The van der Waals surface area contributed by atoms with Crippen molar-refractivity contribution in [3.8, 4) is 0 Å². The zero-order chi connectivity index (χ0) is 15.8. The van der Waals surface area contributed by atoms with Gasteiger partial charge in [0.2, 0.25) is 5.82 Å². The summed E-state index contributed by atoms with van der Waals surface area (Å²) in [5.74, 6) is -2.70. The van der Waals surface area contributed by atoms with E-state index >= 15 is 0 Å². The lowest BCUT2D eigenvalue weighted by Gasteiger charge is -2.37. The van der Waals surface area contributed by atoms with E-state index in [0.717, 1.165) is 12.1 Å². The van der Waals surface area contributed by atoms with Gasteiger partial charge in [0.1, 0.15) is 11.4 Å². The van der Waals surface area contributed by atoms with Crippen LogP contribution in [-0.4, -0.2) is 39.3 Å². The summed E-state index contributed by atoms with van der Waals surface area (Å²) in [6.07, 6.45) is 0. The maximum atomic E-state index is 14.0. The fourth-order valence-corrected chi connectivity index (χ4v) is 3.34. The lowest BCUT2D eigenvalue weighted by molar-refractivity contribution is -0.387. The van der Waals surface area contributed by atoms with Gasteiger partial charge < -0.3 is 4.90 Å². The molecular weight excluding hydrogens is 302 g/mol. The van der Waals surface area contributed by atoms with Gasteiger partial charge in [0, 0.05) is 29.7 Å². The van der Waals surface area contributed by atoms with E-state index in [-0.39, 0.29) is 4.75 Å². The highest BCUT2D eigenvalue weighted by Crippen LogP contribution is 2.31. The monoisotopic (exact) mass is 316 g/mol. The maximum absolute atomic E-state index is 14.0. The number of hydrogen-bond donors (Lipinski definition) is 0. The second kappa shape index (κ2) is 5.59. The Balaban J connectivity index is 2.39. The Bertz CT molecular complexity index is 607. The first-order valence-electron chi connectivity index (χ1n) is 6.28. The highest BCUT2D eigenvalue weighted by molar-refractivity contribution is 8.00. The molecule has 1 amide bonds. The molecule has 8 heteroatoms. The van der Waals surface area contributed by atoms with Crippen LogP contribution in [0.3, 0.4) is 0 Å². The van der Waals surface area contributed by atoms with E-state index in [0.29, 0.717) is 18.8 Å². The number of nitro benzene ring substituents is 1. The highest BCUT2D eigenvalue weighted by Gasteiger charge is 2.34. The molecule has 2 rings (SSSR count). The van der Waals surface area contributed by atoms with Gasteiger partial charge in [0.15, 0.2) is 0 Å². The number of amides is 1. The zero-order valence-corrected chi connectivity index (χ0v) is 12.4. The molecule has 1 aromatic rings. The third-order valence-corrected chi connectivity index (χ3v) is 4.49. The summed E-state index contributed by atoms with van der Waals surface area (Å²) in [6, 6.07) is 1.47. The van der Waals surface area contributed by atoms with Crippen molar-refractivity contribution in [1.29, 1.82) is 0 Å². The molecule has 0 radical (unpaired) electrons. The van der Waals surface area contributed by atoms with Crippen molar-refractivity contribution >= 4 is 23.4 Å². The van der Waals surface area contributed by atoms with Crippen molar-refractivity contribution in [3.63, 3.8) is 0 Å². The van der Waals surface area contributed by atoms with Crippen LogP contribution in [0.15, 0.2) is 12.1 Å². The standard InChI is InChI=1S/C13H14F2N2O3S/c1-13(2)7-16(5-6-21-13)12(18)10-8(14)3-4-9(11(10)15)17(19)20/h3-4H,5-7H2,1-2H3. The van der Waals surface area contributed by atoms with Crippen LogP contribution in [0.5, 0.6) is 0 Å². The largest absolute Gasteiger partial charge is 0.336 e. The molecule has 5 nitrogen and oxygen atoms in total. The molecule has 0 aliphatic carbocycles. The third kappa shape index (κ3) is 3.15. The summed E-state index contributed by atoms with van der Waals surface area (Å²) >= 11 is 1.66. The summed E-state index contributed by atoms with van der Waals surface area (Å²) in [7, 11) is 0. The van der Waals surface area contributed by atoms with E-state index in [1.54, 1.807) is 11.8 Å². The minimum absolute atomic E-state index is 0.221. The van der Waals surface area contributed by atoms with Gasteiger partial charge in [-0.05, 0) is 19.9 Å². The molecule has 0 saturated carbocycles. The Hall–Kier alpha value is -1.70. The zero-order valence-electron chi connectivity index (χ0n) is 11.6. The quantitative estimate of drug-likeness (QED) is 0.622. The van der Waals surface area contributed by atoms with Crippen LogP contribution in [0.1, 0.15) is 24.2 Å². The minimum atomic E-state index is -1.42. The third-order valence-electron chi connectivity index (χ3n) is 3.19. The topological polar surface area (TPSA) is 63.5 Å². The SMILES string of the molecule is CC1(C)CN(C(=O)c2c(F)ccc([N+](=O)[O-])c2F)CCS1. The van der Waals surface area contributed by atoms with E-state index in [4.69, 9.17) is 0 Å². The molecule has 0 spiro atoms. The number of nitrogens with zero attached hydrogens (tertiary/aromatic N) is 2. The van der Waals surface area contributed by atoms with Gasteiger partial charge in [0.05, 0.1) is 4.92 Å². The molecule has 0 unspecified atom stereocenters. The maximum Gasteiger partial charge on any atom is 0.305 e. The van der Waals surface area contributed by atoms with E-state index < -0.39 is 33.7 Å². The molecule has 1 saturated heterocycles. The van der Waals surface area contributed by atoms with Gasteiger partial charge in [-0.15, -0.1) is 0 Å². The molecule has 0 N–H and O–H groups in total. The second-order valence-corrected chi connectivity index (χ2v) is 7.15. The molecule has 1 fully saturated rings. The molecule has 21 heavy (non-hydrogen) atoms. The number of hydrogen-bond acceptors (Lipinski definition) is 4. The van der Waals surface area contributed by atoms with Crippen LogP contribution in [0.25, 0.3) is 0 Å². The number of carbonyl (C=O) groups is 1. The molecule has 114 valence electrons. The number of rotatable bonds is 2. The van der Waals surface area contributed by atoms with Crippen molar-refractivity contribution in [2.75, 3.05) is 18.8 Å². The number of carbonyl (C=O) groups excluding carboxylic acids is 1. The van der Waals surface area contributed by atoms with Crippen LogP contribution in [-0.2, 0) is 0 Å². The highest BCUT2D eigenvalue weighted by atomic mass is 32.2. The first kappa shape index (κ1) is 15.7. The van der Waals surface area contributed by atoms with Crippen molar-refractivity contribution in [1.82, 2.24) is 4.90 Å². The second-order valence-electron chi connectivity index (χ2n) is 5.35. The van der Waals surface area contributed by atoms with Gasteiger partial charge in [-0.1, -0.05) is 0 Å². The van der Waals surface area contributed by atoms with E-state index in [2.05, 4.69) is 0 Å². The lowest BCUT2D eigenvalue weighted by Crippen LogP contribution is -2.46. The van der Waals surface area contributed by atoms with Crippen molar-refractivity contribution < 1.29 is 18.5 Å². The van der Waals surface area contributed by atoms with Crippen LogP contribution in [0.4, 0.5) is 14.5 Å². The molecule has 1 heterocycles. The van der Waals surface area contributed by atoms with Crippen molar-refractivity contribution in [2.24, 2.45) is 0 Å². The normalized spacial score (nSPS) is 17.6. The summed E-state index contributed by atoms with van der Waals surface area (Å²) < 4.78 is 27.6.